The van der Waals surface area contributed by atoms with E-state index in [9.17, 15) is 0 Å². The fraction of sp³-hybridized carbons (Fsp3) is 0.267. The molecule has 3 nitrogen and oxygen atoms in total. The quantitative estimate of drug-likeness (QED) is 0.872. The number of nitrogens with zero attached hydrogens (tertiary/aromatic N) is 1. The number of halogens is 1. The molecule has 0 bridgehead atoms. The summed E-state index contributed by atoms with van der Waals surface area (Å²) in [5, 5.41) is 0. The fourth-order valence-corrected chi connectivity index (χ4v) is 2.86. The molecule has 0 saturated heterocycles. The monoisotopic (exact) mass is 318 g/mol. The van der Waals surface area contributed by atoms with Crippen LogP contribution in [0.2, 0.25) is 0 Å². The third-order valence-electron chi connectivity index (χ3n) is 3.53. The summed E-state index contributed by atoms with van der Waals surface area (Å²) in [6.45, 7) is 2.07. The standard InChI is InChI=1S/C15H15BrN2O/c1-9-4-5-18-8-12(9)15-7-13(17)11-6-10(16)2-3-14(11)19-15/h2-6,8,13,15H,7,17H2,1H3/t13-,15?/m0/s1. The Morgan fingerprint density at radius 1 is 1.32 bits per heavy atom. The Morgan fingerprint density at radius 3 is 2.95 bits per heavy atom. The zero-order valence-electron chi connectivity index (χ0n) is 10.6. The van der Waals surface area contributed by atoms with Crippen LogP contribution in [0.1, 0.15) is 35.3 Å². The molecule has 19 heavy (non-hydrogen) atoms. The molecular formula is C15H15BrN2O. The van der Waals surface area contributed by atoms with Gasteiger partial charge < -0.3 is 10.5 Å². The van der Waals surface area contributed by atoms with Crippen LogP contribution in [0, 0.1) is 6.92 Å². The molecule has 2 N–H and O–H groups in total. The van der Waals surface area contributed by atoms with Crippen molar-refractivity contribution in [2.45, 2.75) is 25.5 Å². The average Bonchev–Trinajstić information content (AvgIpc) is 2.40. The van der Waals surface area contributed by atoms with Gasteiger partial charge in [0.15, 0.2) is 0 Å². The second-order valence-corrected chi connectivity index (χ2v) is 5.78. The Balaban J connectivity index is 1.97. The van der Waals surface area contributed by atoms with Gasteiger partial charge in [-0.25, -0.2) is 0 Å². The van der Waals surface area contributed by atoms with E-state index in [0.717, 1.165) is 27.8 Å². The Kier molecular flexibility index (Phi) is 3.29. The van der Waals surface area contributed by atoms with E-state index in [1.807, 2.05) is 30.5 Å². The van der Waals surface area contributed by atoms with Crippen LogP contribution in [0.3, 0.4) is 0 Å². The number of nitrogens with two attached hydrogens (primary N) is 1. The predicted molar refractivity (Wildman–Crippen MR) is 78.0 cm³/mol. The molecule has 3 rings (SSSR count). The predicted octanol–water partition coefficient (Wildman–Crippen LogP) is 3.68. The van der Waals surface area contributed by atoms with Gasteiger partial charge in [0.2, 0.25) is 0 Å². The van der Waals surface area contributed by atoms with E-state index in [0.29, 0.717) is 0 Å². The molecule has 0 amide bonds. The SMILES string of the molecule is Cc1ccncc1C1C[C@H](N)c2cc(Br)ccc2O1. The summed E-state index contributed by atoms with van der Waals surface area (Å²) in [5.74, 6) is 0.871. The minimum absolute atomic E-state index is 0.00847. The summed E-state index contributed by atoms with van der Waals surface area (Å²) in [6.07, 6.45) is 4.43. The number of fused-ring (bicyclic) bond motifs is 1. The minimum Gasteiger partial charge on any atom is -0.485 e. The van der Waals surface area contributed by atoms with Gasteiger partial charge in [-0.15, -0.1) is 0 Å². The van der Waals surface area contributed by atoms with Crippen LogP contribution < -0.4 is 10.5 Å². The first-order chi connectivity index (χ1) is 9.15. The molecule has 0 fully saturated rings. The lowest BCUT2D eigenvalue weighted by atomic mass is 9.93. The van der Waals surface area contributed by atoms with Crippen molar-refractivity contribution in [3.63, 3.8) is 0 Å². The normalized spacial score (nSPS) is 21.6. The Bertz CT molecular complexity index is 615. The van der Waals surface area contributed by atoms with Gasteiger partial charge in [-0.2, -0.15) is 0 Å². The molecule has 1 aliphatic rings. The first-order valence-electron chi connectivity index (χ1n) is 6.27. The maximum absolute atomic E-state index is 6.27. The van der Waals surface area contributed by atoms with Crippen molar-refractivity contribution >= 4 is 15.9 Å². The van der Waals surface area contributed by atoms with Crippen molar-refractivity contribution in [3.05, 3.63) is 57.8 Å². The lowest BCUT2D eigenvalue weighted by Gasteiger charge is -2.31. The van der Waals surface area contributed by atoms with Crippen molar-refractivity contribution in [1.82, 2.24) is 4.98 Å². The first-order valence-corrected chi connectivity index (χ1v) is 7.06. The van der Waals surface area contributed by atoms with Crippen LogP contribution in [0.4, 0.5) is 0 Å². The molecule has 2 atom stereocenters. The highest BCUT2D eigenvalue weighted by atomic mass is 79.9. The van der Waals surface area contributed by atoms with Crippen molar-refractivity contribution in [1.29, 1.82) is 0 Å². The van der Waals surface area contributed by atoms with Gasteiger partial charge in [-0.1, -0.05) is 15.9 Å². The van der Waals surface area contributed by atoms with Crippen LogP contribution in [0.25, 0.3) is 0 Å². The molecule has 98 valence electrons. The molecule has 2 heterocycles. The van der Waals surface area contributed by atoms with E-state index < -0.39 is 0 Å². The summed E-state index contributed by atoms with van der Waals surface area (Å²) < 4.78 is 7.11. The number of ether oxygens (including phenoxy) is 1. The van der Waals surface area contributed by atoms with Gasteiger partial charge in [0.05, 0.1) is 0 Å². The van der Waals surface area contributed by atoms with Crippen LogP contribution >= 0.6 is 15.9 Å². The highest BCUT2D eigenvalue weighted by Crippen LogP contribution is 2.41. The molecule has 0 saturated carbocycles. The lowest BCUT2D eigenvalue weighted by molar-refractivity contribution is 0.160. The zero-order valence-corrected chi connectivity index (χ0v) is 12.2. The van der Waals surface area contributed by atoms with E-state index in [4.69, 9.17) is 10.5 Å². The van der Waals surface area contributed by atoms with Crippen LogP contribution in [0.5, 0.6) is 5.75 Å². The Labute approximate surface area is 120 Å². The molecule has 1 aromatic heterocycles. The van der Waals surface area contributed by atoms with Gasteiger partial charge >= 0.3 is 0 Å². The van der Waals surface area contributed by atoms with Gasteiger partial charge in [0.1, 0.15) is 11.9 Å². The van der Waals surface area contributed by atoms with Crippen LogP contribution in [-0.4, -0.2) is 4.98 Å². The third kappa shape index (κ3) is 2.38. The molecule has 4 heteroatoms. The van der Waals surface area contributed by atoms with Crippen molar-refractivity contribution in [2.75, 3.05) is 0 Å². The van der Waals surface area contributed by atoms with E-state index in [2.05, 4.69) is 27.8 Å². The zero-order chi connectivity index (χ0) is 13.4. The number of hydrogen-bond donors (Lipinski definition) is 1. The van der Waals surface area contributed by atoms with Gasteiger partial charge in [0.25, 0.3) is 0 Å². The summed E-state index contributed by atoms with van der Waals surface area (Å²) >= 11 is 3.47. The van der Waals surface area contributed by atoms with E-state index in [1.165, 1.54) is 5.56 Å². The molecule has 1 aliphatic heterocycles. The molecule has 0 aliphatic carbocycles. The Morgan fingerprint density at radius 2 is 2.16 bits per heavy atom. The Hall–Kier alpha value is -1.39. The first kappa shape index (κ1) is 12.6. The second-order valence-electron chi connectivity index (χ2n) is 4.86. The molecule has 1 aromatic carbocycles. The number of aryl methyl sites for hydroxylation is 1. The summed E-state index contributed by atoms with van der Waals surface area (Å²) in [5.41, 5.74) is 9.64. The van der Waals surface area contributed by atoms with Gasteiger partial charge in [-0.05, 0) is 36.8 Å². The minimum atomic E-state index is -0.0163. The van der Waals surface area contributed by atoms with Crippen molar-refractivity contribution in [3.8, 4) is 5.75 Å². The molecular weight excluding hydrogens is 304 g/mol. The number of aromatic nitrogens is 1. The average molecular weight is 319 g/mol. The molecule has 0 spiro atoms. The van der Waals surface area contributed by atoms with Crippen LogP contribution in [-0.2, 0) is 0 Å². The van der Waals surface area contributed by atoms with Crippen molar-refractivity contribution < 1.29 is 4.74 Å². The maximum Gasteiger partial charge on any atom is 0.127 e. The topological polar surface area (TPSA) is 48.1 Å². The molecule has 2 aromatic rings. The summed E-state index contributed by atoms with van der Waals surface area (Å²) in [6, 6.07) is 7.97. The van der Waals surface area contributed by atoms with E-state index in [1.54, 1.807) is 6.20 Å². The van der Waals surface area contributed by atoms with Gasteiger partial charge in [0, 0.05) is 40.5 Å². The molecule has 1 unspecified atom stereocenters. The van der Waals surface area contributed by atoms with Crippen molar-refractivity contribution in [2.24, 2.45) is 5.73 Å². The number of hydrogen-bond acceptors (Lipinski definition) is 3. The summed E-state index contributed by atoms with van der Waals surface area (Å²) in [7, 11) is 0. The fourth-order valence-electron chi connectivity index (χ4n) is 2.48. The largest absolute Gasteiger partial charge is 0.485 e. The molecule has 0 radical (unpaired) electrons. The lowest BCUT2D eigenvalue weighted by Crippen LogP contribution is -2.24. The van der Waals surface area contributed by atoms with Gasteiger partial charge in [-0.3, -0.25) is 4.98 Å². The maximum atomic E-state index is 6.27. The van der Waals surface area contributed by atoms with Crippen LogP contribution in [0.15, 0.2) is 41.1 Å². The number of rotatable bonds is 1. The number of pyridine rings is 1. The second kappa shape index (κ2) is 4.94. The third-order valence-corrected chi connectivity index (χ3v) is 4.03. The van der Waals surface area contributed by atoms with E-state index in [-0.39, 0.29) is 12.1 Å². The highest BCUT2D eigenvalue weighted by molar-refractivity contribution is 9.10. The summed E-state index contributed by atoms with van der Waals surface area (Å²) in [4.78, 5) is 4.19. The smallest absolute Gasteiger partial charge is 0.127 e. The highest BCUT2D eigenvalue weighted by Gasteiger charge is 2.28. The van der Waals surface area contributed by atoms with E-state index >= 15 is 0 Å². The number of benzene rings is 1.